The van der Waals surface area contributed by atoms with Crippen LogP contribution in [0.15, 0.2) is 48.5 Å². The van der Waals surface area contributed by atoms with Crippen LogP contribution >= 0.6 is 0 Å². The lowest BCUT2D eigenvalue weighted by atomic mass is 9.77. The van der Waals surface area contributed by atoms with Crippen molar-refractivity contribution >= 4 is 0 Å². The third kappa shape index (κ3) is 8.91. The van der Waals surface area contributed by atoms with Gasteiger partial charge in [0.2, 0.25) is 0 Å². The van der Waals surface area contributed by atoms with Crippen LogP contribution in [0.25, 0.3) is 0 Å². The standard InChI is InChI=1S/C34H48F2O/c1-3-4-5-6-7-27-10-18-31(19-11-27)32-20-12-28(13-21-32)24-34(35,36)37-25-29-14-22-33(23-15-29)30-16-8-26(2)9-17-30/h12-15,20-23,26-27,30-31H,3-11,16-19,24-25H2,1-2H3. The summed E-state index contributed by atoms with van der Waals surface area (Å²) in [5, 5.41) is 0. The molecule has 2 saturated carbocycles. The molecule has 2 aromatic rings. The Labute approximate surface area is 224 Å². The summed E-state index contributed by atoms with van der Waals surface area (Å²) in [5.74, 6) is 2.90. The van der Waals surface area contributed by atoms with E-state index in [2.05, 4.69) is 38.1 Å². The molecule has 0 atom stereocenters. The Bertz CT molecular complexity index is 904. The largest absolute Gasteiger partial charge is 0.360 e. The van der Waals surface area contributed by atoms with E-state index < -0.39 is 6.11 Å². The van der Waals surface area contributed by atoms with Crippen molar-refractivity contribution in [2.45, 2.75) is 128 Å². The lowest BCUT2D eigenvalue weighted by molar-refractivity contribution is -0.244. The van der Waals surface area contributed by atoms with E-state index in [0.29, 0.717) is 17.4 Å². The van der Waals surface area contributed by atoms with Gasteiger partial charge < -0.3 is 4.74 Å². The van der Waals surface area contributed by atoms with Crippen LogP contribution in [0.5, 0.6) is 0 Å². The van der Waals surface area contributed by atoms with Gasteiger partial charge in [-0.25, -0.2) is 0 Å². The van der Waals surface area contributed by atoms with Gasteiger partial charge in [-0.3, -0.25) is 0 Å². The number of benzene rings is 2. The lowest BCUT2D eigenvalue weighted by Crippen LogP contribution is -2.23. The fraction of sp³-hybridized carbons (Fsp3) is 0.647. The van der Waals surface area contributed by atoms with Crippen molar-refractivity contribution in [3.8, 4) is 0 Å². The number of alkyl halides is 2. The summed E-state index contributed by atoms with van der Waals surface area (Å²) in [7, 11) is 0. The van der Waals surface area contributed by atoms with E-state index in [9.17, 15) is 8.78 Å². The number of ether oxygens (including phenoxy) is 1. The average molecular weight is 511 g/mol. The molecule has 204 valence electrons. The maximum Gasteiger partial charge on any atom is 0.360 e. The average Bonchev–Trinajstić information content (AvgIpc) is 2.91. The second-order valence-corrected chi connectivity index (χ2v) is 12.1. The van der Waals surface area contributed by atoms with E-state index in [1.54, 1.807) is 0 Å². The highest BCUT2D eigenvalue weighted by Gasteiger charge is 2.31. The van der Waals surface area contributed by atoms with E-state index in [0.717, 1.165) is 17.4 Å². The van der Waals surface area contributed by atoms with Crippen molar-refractivity contribution in [2.24, 2.45) is 11.8 Å². The monoisotopic (exact) mass is 510 g/mol. The Morgan fingerprint density at radius 3 is 1.81 bits per heavy atom. The van der Waals surface area contributed by atoms with Crippen molar-refractivity contribution in [3.05, 3.63) is 70.8 Å². The normalized spacial score (nSPS) is 24.8. The van der Waals surface area contributed by atoms with Crippen molar-refractivity contribution in [3.63, 3.8) is 0 Å². The van der Waals surface area contributed by atoms with Crippen LogP contribution in [0.2, 0.25) is 0 Å². The molecule has 3 heteroatoms. The maximum absolute atomic E-state index is 14.6. The molecule has 0 N–H and O–H groups in total. The van der Waals surface area contributed by atoms with Gasteiger partial charge in [0.1, 0.15) is 0 Å². The summed E-state index contributed by atoms with van der Waals surface area (Å²) in [6, 6.07) is 16.0. The number of halogens is 2. The van der Waals surface area contributed by atoms with Gasteiger partial charge in [0.05, 0.1) is 13.0 Å². The van der Waals surface area contributed by atoms with E-state index >= 15 is 0 Å². The lowest BCUT2D eigenvalue weighted by Gasteiger charge is -2.29. The first-order chi connectivity index (χ1) is 17.9. The quantitative estimate of drug-likeness (QED) is 0.258. The molecule has 1 nitrogen and oxygen atoms in total. The van der Waals surface area contributed by atoms with Gasteiger partial charge in [0.25, 0.3) is 0 Å². The Morgan fingerprint density at radius 2 is 1.24 bits per heavy atom. The van der Waals surface area contributed by atoms with Crippen LogP contribution in [-0.2, 0) is 17.8 Å². The fourth-order valence-electron chi connectivity index (χ4n) is 6.51. The molecule has 2 aromatic carbocycles. The molecule has 0 aliphatic heterocycles. The van der Waals surface area contributed by atoms with E-state index in [-0.39, 0.29) is 13.0 Å². The molecule has 4 rings (SSSR count). The molecule has 0 radical (unpaired) electrons. The van der Waals surface area contributed by atoms with Crippen LogP contribution < -0.4 is 0 Å². The molecule has 2 fully saturated rings. The van der Waals surface area contributed by atoms with Crippen molar-refractivity contribution in [2.75, 3.05) is 0 Å². The second kappa shape index (κ2) is 13.9. The van der Waals surface area contributed by atoms with E-state index in [4.69, 9.17) is 4.74 Å². The summed E-state index contributed by atoms with van der Waals surface area (Å²) in [4.78, 5) is 0. The van der Waals surface area contributed by atoms with Crippen LogP contribution in [0, 0.1) is 11.8 Å². The molecular weight excluding hydrogens is 462 g/mol. The fourth-order valence-corrected chi connectivity index (χ4v) is 6.51. The minimum atomic E-state index is -3.17. The number of hydrogen-bond acceptors (Lipinski definition) is 1. The highest BCUT2D eigenvalue weighted by atomic mass is 19.3. The molecule has 0 amide bonds. The summed E-state index contributed by atoms with van der Waals surface area (Å²) in [6.07, 6.45) is 13.3. The van der Waals surface area contributed by atoms with Crippen LogP contribution in [0.1, 0.15) is 131 Å². The van der Waals surface area contributed by atoms with Crippen LogP contribution in [-0.4, -0.2) is 6.11 Å². The highest BCUT2D eigenvalue weighted by Crippen LogP contribution is 2.38. The van der Waals surface area contributed by atoms with Gasteiger partial charge in [-0.1, -0.05) is 107 Å². The molecule has 0 saturated heterocycles. The predicted octanol–water partition coefficient (Wildman–Crippen LogP) is 10.6. The third-order valence-electron chi connectivity index (χ3n) is 9.09. The molecule has 0 heterocycles. The second-order valence-electron chi connectivity index (χ2n) is 12.1. The summed E-state index contributed by atoms with van der Waals surface area (Å²) < 4.78 is 34.3. The van der Waals surface area contributed by atoms with Crippen molar-refractivity contribution in [1.82, 2.24) is 0 Å². The van der Waals surface area contributed by atoms with Gasteiger partial charge in [0, 0.05) is 0 Å². The Balaban J connectivity index is 1.20. The topological polar surface area (TPSA) is 9.23 Å². The molecule has 0 unspecified atom stereocenters. The minimum Gasteiger partial charge on any atom is -0.315 e. The molecule has 37 heavy (non-hydrogen) atoms. The first kappa shape index (κ1) is 28.3. The summed E-state index contributed by atoms with van der Waals surface area (Å²) >= 11 is 0. The van der Waals surface area contributed by atoms with Gasteiger partial charge in [-0.05, 0) is 84.5 Å². The first-order valence-corrected chi connectivity index (χ1v) is 15.1. The third-order valence-corrected chi connectivity index (χ3v) is 9.09. The molecule has 0 spiro atoms. The van der Waals surface area contributed by atoms with Gasteiger partial charge in [0.15, 0.2) is 0 Å². The predicted molar refractivity (Wildman–Crippen MR) is 150 cm³/mol. The first-order valence-electron chi connectivity index (χ1n) is 15.1. The highest BCUT2D eigenvalue weighted by molar-refractivity contribution is 5.27. The molecule has 0 bridgehead atoms. The smallest absolute Gasteiger partial charge is 0.315 e. The molecular formula is C34H48F2O. The Morgan fingerprint density at radius 1 is 0.703 bits per heavy atom. The Kier molecular flexibility index (Phi) is 10.6. The summed E-state index contributed by atoms with van der Waals surface area (Å²) in [6.45, 7) is 4.53. The Hall–Kier alpha value is -1.74. The maximum atomic E-state index is 14.6. The number of rotatable bonds is 12. The number of hydrogen-bond donors (Lipinski definition) is 0. The van der Waals surface area contributed by atoms with Gasteiger partial charge in [-0.15, -0.1) is 0 Å². The van der Waals surface area contributed by atoms with Crippen LogP contribution in [0.3, 0.4) is 0 Å². The summed E-state index contributed by atoms with van der Waals surface area (Å²) in [5.41, 5.74) is 4.09. The SMILES string of the molecule is CCCCCCC1CCC(c2ccc(CC(F)(F)OCc3ccc(C4CCC(C)CC4)cc3)cc2)CC1. The van der Waals surface area contributed by atoms with E-state index in [1.807, 2.05) is 24.3 Å². The zero-order valence-electron chi connectivity index (χ0n) is 23.2. The van der Waals surface area contributed by atoms with Crippen molar-refractivity contribution in [1.29, 1.82) is 0 Å². The molecule has 0 aromatic heterocycles. The zero-order chi connectivity index (χ0) is 26.1. The van der Waals surface area contributed by atoms with Gasteiger partial charge in [-0.2, -0.15) is 8.78 Å². The number of unbranched alkanes of at least 4 members (excludes halogenated alkanes) is 3. The molecule has 2 aliphatic rings. The van der Waals surface area contributed by atoms with Gasteiger partial charge >= 0.3 is 6.11 Å². The van der Waals surface area contributed by atoms with E-state index in [1.165, 1.54) is 94.6 Å². The minimum absolute atomic E-state index is 0.0608. The van der Waals surface area contributed by atoms with Crippen molar-refractivity contribution < 1.29 is 13.5 Å². The van der Waals surface area contributed by atoms with Crippen LogP contribution in [0.4, 0.5) is 8.78 Å². The molecule has 2 aliphatic carbocycles. The zero-order valence-corrected chi connectivity index (χ0v) is 23.2.